The van der Waals surface area contributed by atoms with E-state index in [-0.39, 0.29) is 0 Å². The van der Waals surface area contributed by atoms with Crippen molar-refractivity contribution in [1.82, 2.24) is 4.90 Å². The molecule has 0 fully saturated rings. The van der Waals surface area contributed by atoms with Crippen LogP contribution < -0.4 is 0 Å². The number of nitriles is 2. The molecule has 0 heterocycles. The van der Waals surface area contributed by atoms with Gasteiger partial charge in [-0.15, -0.1) is 11.6 Å². The summed E-state index contributed by atoms with van der Waals surface area (Å²) >= 11 is 5.45. The van der Waals surface area contributed by atoms with Gasteiger partial charge in [0.25, 0.3) is 0 Å². The molecular weight excluding hydrogens is 162 g/mol. The summed E-state index contributed by atoms with van der Waals surface area (Å²) in [6.45, 7) is 1.35. The smallest absolute Gasteiger partial charge is 0.0874 e. The lowest BCUT2D eigenvalue weighted by atomic mass is 10.4. The molecule has 0 N–H and O–H groups in total. The summed E-state index contributed by atoms with van der Waals surface area (Å²) in [6.07, 6.45) is 0.824. The van der Waals surface area contributed by atoms with Crippen molar-refractivity contribution >= 4 is 11.6 Å². The Balaban J connectivity index is 3.54. The highest BCUT2D eigenvalue weighted by atomic mass is 35.5. The van der Waals surface area contributed by atoms with Crippen molar-refractivity contribution in [2.75, 3.05) is 25.5 Å². The van der Waals surface area contributed by atoms with Crippen LogP contribution in [0.5, 0.6) is 0 Å². The minimum atomic E-state index is 0.310. The van der Waals surface area contributed by atoms with Crippen LogP contribution in [-0.2, 0) is 0 Å². The third-order valence-electron chi connectivity index (χ3n) is 1.20. The number of nitrogens with zero attached hydrogens (tertiary/aromatic N) is 3. The van der Waals surface area contributed by atoms with Crippen LogP contribution in [0.15, 0.2) is 0 Å². The summed E-state index contributed by atoms with van der Waals surface area (Å²) in [5.41, 5.74) is 0. The Hall–Kier alpha value is -0.770. The average molecular weight is 172 g/mol. The van der Waals surface area contributed by atoms with Crippen molar-refractivity contribution in [3.63, 3.8) is 0 Å². The van der Waals surface area contributed by atoms with Crippen molar-refractivity contribution in [1.29, 1.82) is 10.5 Å². The number of halogens is 1. The molecule has 0 spiro atoms. The summed E-state index contributed by atoms with van der Waals surface area (Å²) in [7, 11) is 0. The Morgan fingerprint density at radius 1 is 1.18 bits per heavy atom. The molecule has 0 aromatic carbocycles. The van der Waals surface area contributed by atoms with Crippen molar-refractivity contribution in [3.8, 4) is 12.1 Å². The molecule has 11 heavy (non-hydrogen) atoms. The minimum Gasteiger partial charge on any atom is -0.277 e. The second kappa shape index (κ2) is 7.34. The number of hydrogen-bond acceptors (Lipinski definition) is 3. The molecule has 0 saturated carbocycles. The maximum atomic E-state index is 8.33. The minimum absolute atomic E-state index is 0.310. The molecular formula is C7H10ClN3. The van der Waals surface area contributed by atoms with Crippen LogP contribution in [-0.4, -0.2) is 30.4 Å². The van der Waals surface area contributed by atoms with Gasteiger partial charge in [-0.05, 0) is 6.42 Å². The van der Waals surface area contributed by atoms with Crippen LogP contribution in [0.4, 0.5) is 0 Å². The molecule has 60 valence electrons. The second-order valence-electron chi connectivity index (χ2n) is 2.07. The van der Waals surface area contributed by atoms with Crippen LogP contribution in [0.25, 0.3) is 0 Å². The first-order chi connectivity index (χ1) is 5.35. The molecule has 0 aliphatic carbocycles. The summed E-state index contributed by atoms with van der Waals surface area (Å²) in [5, 5.41) is 16.7. The summed E-state index contributed by atoms with van der Waals surface area (Å²) in [5.74, 6) is 0.577. The van der Waals surface area contributed by atoms with E-state index in [1.807, 2.05) is 12.1 Å². The van der Waals surface area contributed by atoms with Gasteiger partial charge in [-0.1, -0.05) is 0 Å². The van der Waals surface area contributed by atoms with Gasteiger partial charge in [0.05, 0.1) is 25.2 Å². The van der Waals surface area contributed by atoms with Crippen LogP contribution in [0.1, 0.15) is 6.42 Å². The van der Waals surface area contributed by atoms with Gasteiger partial charge in [-0.25, -0.2) is 0 Å². The molecule has 0 unspecified atom stereocenters. The van der Waals surface area contributed by atoms with E-state index in [0.29, 0.717) is 19.0 Å². The molecule has 0 radical (unpaired) electrons. The fourth-order valence-electron chi connectivity index (χ4n) is 0.697. The van der Waals surface area contributed by atoms with E-state index in [4.69, 9.17) is 22.1 Å². The Morgan fingerprint density at radius 3 is 2.09 bits per heavy atom. The molecule has 0 saturated heterocycles. The van der Waals surface area contributed by atoms with Crippen molar-refractivity contribution in [2.45, 2.75) is 6.42 Å². The molecule has 4 heteroatoms. The monoisotopic (exact) mass is 171 g/mol. The van der Waals surface area contributed by atoms with Gasteiger partial charge in [-0.3, -0.25) is 4.90 Å². The lowest BCUT2D eigenvalue weighted by Crippen LogP contribution is -2.25. The highest BCUT2D eigenvalue weighted by Gasteiger charge is 2.00. The Morgan fingerprint density at radius 2 is 1.73 bits per heavy atom. The zero-order chi connectivity index (χ0) is 8.53. The third-order valence-corrected chi connectivity index (χ3v) is 1.46. The van der Waals surface area contributed by atoms with Crippen LogP contribution >= 0.6 is 11.6 Å². The number of rotatable bonds is 5. The molecule has 0 rings (SSSR count). The van der Waals surface area contributed by atoms with Crippen LogP contribution in [0.2, 0.25) is 0 Å². The second-order valence-corrected chi connectivity index (χ2v) is 2.45. The molecule has 0 atom stereocenters. The van der Waals surface area contributed by atoms with Crippen LogP contribution in [0.3, 0.4) is 0 Å². The largest absolute Gasteiger partial charge is 0.277 e. The van der Waals surface area contributed by atoms with Crippen molar-refractivity contribution < 1.29 is 0 Å². The van der Waals surface area contributed by atoms with E-state index in [1.165, 1.54) is 0 Å². The van der Waals surface area contributed by atoms with E-state index in [0.717, 1.165) is 13.0 Å². The van der Waals surface area contributed by atoms with Gasteiger partial charge >= 0.3 is 0 Å². The van der Waals surface area contributed by atoms with Gasteiger partial charge in [-0.2, -0.15) is 10.5 Å². The zero-order valence-electron chi connectivity index (χ0n) is 6.26. The average Bonchev–Trinajstić information content (AvgIpc) is 2.01. The lowest BCUT2D eigenvalue weighted by Gasteiger charge is -2.12. The molecule has 0 aliphatic heterocycles. The van der Waals surface area contributed by atoms with E-state index < -0.39 is 0 Å². The zero-order valence-corrected chi connectivity index (χ0v) is 7.01. The quantitative estimate of drug-likeness (QED) is 0.458. The van der Waals surface area contributed by atoms with Gasteiger partial charge in [0.2, 0.25) is 0 Å². The van der Waals surface area contributed by atoms with Crippen LogP contribution in [0, 0.1) is 22.7 Å². The van der Waals surface area contributed by atoms with Gasteiger partial charge in [0.15, 0.2) is 0 Å². The third kappa shape index (κ3) is 5.66. The summed E-state index contributed by atoms with van der Waals surface area (Å²) in [6, 6.07) is 3.99. The first-order valence-electron chi connectivity index (χ1n) is 3.37. The molecule has 0 bridgehead atoms. The standard InChI is InChI=1S/C7H10ClN3/c8-2-1-5-11(6-3-9)7-4-10/h1-2,5-7H2. The number of hydrogen-bond donors (Lipinski definition) is 0. The molecule has 3 nitrogen and oxygen atoms in total. The topological polar surface area (TPSA) is 50.8 Å². The highest BCUT2D eigenvalue weighted by Crippen LogP contribution is 1.91. The van der Waals surface area contributed by atoms with E-state index in [1.54, 1.807) is 4.90 Å². The Kier molecular flexibility index (Phi) is 6.82. The van der Waals surface area contributed by atoms with Gasteiger partial charge in [0.1, 0.15) is 0 Å². The van der Waals surface area contributed by atoms with Gasteiger partial charge in [0, 0.05) is 12.4 Å². The van der Waals surface area contributed by atoms with Gasteiger partial charge < -0.3 is 0 Å². The maximum Gasteiger partial charge on any atom is 0.0874 e. The SMILES string of the molecule is N#CCN(CC#N)CCCCl. The fourth-order valence-corrected chi connectivity index (χ4v) is 0.817. The Labute approximate surface area is 71.8 Å². The van der Waals surface area contributed by atoms with E-state index >= 15 is 0 Å². The summed E-state index contributed by atoms with van der Waals surface area (Å²) < 4.78 is 0. The van der Waals surface area contributed by atoms with Crippen molar-refractivity contribution in [3.05, 3.63) is 0 Å². The molecule has 0 aliphatic rings. The van der Waals surface area contributed by atoms with E-state index in [2.05, 4.69) is 0 Å². The lowest BCUT2D eigenvalue weighted by molar-refractivity contribution is 0.344. The molecule has 0 aromatic rings. The number of alkyl halides is 1. The van der Waals surface area contributed by atoms with E-state index in [9.17, 15) is 0 Å². The Bertz CT molecular complexity index is 152. The first kappa shape index (κ1) is 10.2. The predicted molar refractivity (Wildman–Crippen MR) is 43.0 cm³/mol. The first-order valence-corrected chi connectivity index (χ1v) is 3.90. The summed E-state index contributed by atoms with van der Waals surface area (Å²) in [4.78, 5) is 1.77. The van der Waals surface area contributed by atoms with Crippen molar-refractivity contribution in [2.24, 2.45) is 0 Å². The fraction of sp³-hybridized carbons (Fsp3) is 0.714. The molecule has 0 aromatic heterocycles. The highest BCUT2D eigenvalue weighted by molar-refractivity contribution is 6.17. The maximum absolute atomic E-state index is 8.33. The predicted octanol–water partition coefficient (Wildman–Crippen LogP) is 0.964. The molecule has 0 amide bonds. The normalized spacial score (nSPS) is 9.09.